The minimum Gasteiger partial charge on any atom is -0.394 e. The standard InChI is InChI=1S/C12H14O2/c13-9-12-11(14-12)8-4-7-10-5-2-1-3-6-10/h1-7,11-13H,8-9H2/b7-4+. The molecule has 0 spiro atoms. The van der Waals surface area contributed by atoms with Gasteiger partial charge in [-0.3, -0.25) is 0 Å². The maximum atomic E-state index is 8.74. The zero-order valence-electron chi connectivity index (χ0n) is 7.97. The lowest BCUT2D eigenvalue weighted by Gasteiger charge is -1.90. The molecule has 1 aromatic rings. The minimum atomic E-state index is 0.0791. The van der Waals surface area contributed by atoms with Crippen LogP contribution in [0.5, 0.6) is 0 Å². The number of benzene rings is 1. The molecule has 1 heterocycles. The van der Waals surface area contributed by atoms with Crippen LogP contribution < -0.4 is 0 Å². The fraction of sp³-hybridized carbons (Fsp3) is 0.333. The molecule has 1 N–H and O–H groups in total. The van der Waals surface area contributed by atoms with Crippen LogP contribution in [0, 0.1) is 0 Å². The molecule has 2 unspecified atom stereocenters. The molecule has 74 valence electrons. The average Bonchev–Trinajstić information content (AvgIpc) is 2.98. The molecule has 1 aliphatic heterocycles. The second kappa shape index (κ2) is 4.40. The summed E-state index contributed by atoms with van der Waals surface area (Å²) in [7, 11) is 0. The van der Waals surface area contributed by atoms with Gasteiger partial charge in [0.1, 0.15) is 6.10 Å². The van der Waals surface area contributed by atoms with Crippen molar-refractivity contribution >= 4 is 6.08 Å². The normalized spacial score (nSPS) is 25.5. The largest absolute Gasteiger partial charge is 0.394 e. The fourth-order valence-electron chi connectivity index (χ4n) is 1.45. The number of hydrogen-bond donors (Lipinski definition) is 1. The molecule has 1 aliphatic rings. The molecule has 0 saturated carbocycles. The van der Waals surface area contributed by atoms with Gasteiger partial charge in [-0.15, -0.1) is 0 Å². The van der Waals surface area contributed by atoms with E-state index < -0.39 is 0 Å². The van der Waals surface area contributed by atoms with E-state index in [2.05, 4.69) is 24.3 Å². The third-order valence-electron chi connectivity index (χ3n) is 2.35. The quantitative estimate of drug-likeness (QED) is 0.735. The highest BCUT2D eigenvalue weighted by atomic mass is 16.6. The number of ether oxygens (including phenoxy) is 1. The predicted octanol–water partition coefficient (Wildman–Crippen LogP) is 1.85. The molecule has 0 aliphatic carbocycles. The Hall–Kier alpha value is -1.12. The van der Waals surface area contributed by atoms with Gasteiger partial charge in [0.05, 0.1) is 12.7 Å². The van der Waals surface area contributed by atoms with Crippen molar-refractivity contribution in [1.29, 1.82) is 0 Å². The van der Waals surface area contributed by atoms with Gasteiger partial charge in [0, 0.05) is 0 Å². The van der Waals surface area contributed by atoms with E-state index in [1.54, 1.807) is 0 Å². The van der Waals surface area contributed by atoms with Crippen LogP contribution in [0.2, 0.25) is 0 Å². The van der Waals surface area contributed by atoms with E-state index in [0.29, 0.717) is 0 Å². The molecule has 0 bridgehead atoms. The zero-order valence-corrected chi connectivity index (χ0v) is 7.97. The first-order valence-corrected chi connectivity index (χ1v) is 4.88. The molecular formula is C12H14O2. The molecular weight excluding hydrogens is 176 g/mol. The first-order chi connectivity index (χ1) is 6.90. The fourth-order valence-corrected chi connectivity index (χ4v) is 1.45. The van der Waals surface area contributed by atoms with Gasteiger partial charge >= 0.3 is 0 Å². The van der Waals surface area contributed by atoms with Crippen molar-refractivity contribution < 1.29 is 9.84 Å². The summed E-state index contributed by atoms with van der Waals surface area (Å²) in [6, 6.07) is 10.2. The zero-order chi connectivity index (χ0) is 9.80. The second-order valence-corrected chi connectivity index (χ2v) is 3.44. The van der Waals surface area contributed by atoms with Crippen molar-refractivity contribution in [2.45, 2.75) is 18.6 Å². The van der Waals surface area contributed by atoms with Crippen LogP contribution in [0.15, 0.2) is 36.4 Å². The lowest BCUT2D eigenvalue weighted by Crippen LogP contribution is -1.97. The van der Waals surface area contributed by atoms with E-state index in [1.807, 2.05) is 18.2 Å². The van der Waals surface area contributed by atoms with E-state index in [0.717, 1.165) is 6.42 Å². The van der Waals surface area contributed by atoms with Crippen LogP contribution in [0.25, 0.3) is 6.08 Å². The van der Waals surface area contributed by atoms with Crippen molar-refractivity contribution in [3.63, 3.8) is 0 Å². The van der Waals surface area contributed by atoms with Crippen molar-refractivity contribution in [1.82, 2.24) is 0 Å². The lowest BCUT2D eigenvalue weighted by molar-refractivity contribution is 0.242. The second-order valence-electron chi connectivity index (χ2n) is 3.44. The van der Waals surface area contributed by atoms with E-state index in [-0.39, 0.29) is 18.8 Å². The Bertz CT molecular complexity index is 305. The summed E-state index contributed by atoms with van der Waals surface area (Å²) in [5.74, 6) is 0. The van der Waals surface area contributed by atoms with Gasteiger partial charge in [0.15, 0.2) is 0 Å². The van der Waals surface area contributed by atoms with E-state index in [9.17, 15) is 0 Å². The predicted molar refractivity (Wildman–Crippen MR) is 55.8 cm³/mol. The number of epoxide rings is 1. The topological polar surface area (TPSA) is 32.8 Å². The summed E-state index contributed by atoms with van der Waals surface area (Å²) in [6.45, 7) is 0.143. The summed E-state index contributed by atoms with van der Waals surface area (Å²) in [5.41, 5.74) is 1.20. The molecule has 2 rings (SSSR count). The van der Waals surface area contributed by atoms with Crippen LogP contribution in [0.1, 0.15) is 12.0 Å². The summed E-state index contributed by atoms with van der Waals surface area (Å²) in [5, 5.41) is 8.74. The highest BCUT2D eigenvalue weighted by Crippen LogP contribution is 2.25. The number of hydrogen-bond acceptors (Lipinski definition) is 2. The Labute approximate surface area is 83.8 Å². The van der Waals surface area contributed by atoms with E-state index in [1.165, 1.54) is 5.56 Å². The molecule has 0 radical (unpaired) electrons. The summed E-state index contributed by atoms with van der Waals surface area (Å²) < 4.78 is 5.20. The average molecular weight is 190 g/mol. The molecule has 0 amide bonds. The Morgan fingerprint density at radius 2 is 2.00 bits per heavy atom. The molecule has 14 heavy (non-hydrogen) atoms. The molecule has 2 heteroatoms. The van der Waals surface area contributed by atoms with Gasteiger partial charge in [0.2, 0.25) is 0 Å². The molecule has 1 aromatic carbocycles. The maximum absolute atomic E-state index is 8.74. The van der Waals surface area contributed by atoms with Crippen LogP contribution >= 0.6 is 0 Å². The molecule has 1 fully saturated rings. The van der Waals surface area contributed by atoms with Crippen LogP contribution in [0.4, 0.5) is 0 Å². The molecule has 2 atom stereocenters. The Balaban J connectivity index is 1.78. The van der Waals surface area contributed by atoms with Crippen LogP contribution in [0.3, 0.4) is 0 Å². The number of rotatable bonds is 4. The van der Waals surface area contributed by atoms with Crippen LogP contribution in [-0.4, -0.2) is 23.9 Å². The van der Waals surface area contributed by atoms with Gasteiger partial charge in [-0.05, 0) is 12.0 Å². The lowest BCUT2D eigenvalue weighted by atomic mass is 10.2. The SMILES string of the molecule is OCC1OC1C/C=C/c1ccccc1. The van der Waals surface area contributed by atoms with Gasteiger partial charge in [-0.1, -0.05) is 42.5 Å². The summed E-state index contributed by atoms with van der Waals surface area (Å²) in [6.07, 6.45) is 5.38. The van der Waals surface area contributed by atoms with Gasteiger partial charge in [0.25, 0.3) is 0 Å². The minimum absolute atomic E-state index is 0.0791. The van der Waals surface area contributed by atoms with Crippen molar-refractivity contribution in [3.05, 3.63) is 42.0 Å². The summed E-state index contributed by atoms with van der Waals surface area (Å²) in [4.78, 5) is 0. The Morgan fingerprint density at radius 1 is 1.21 bits per heavy atom. The molecule has 2 nitrogen and oxygen atoms in total. The van der Waals surface area contributed by atoms with Gasteiger partial charge in [-0.2, -0.15) is 0 Å². The summed E-state index contributed by atoms with van der Waals surface area (Å²) >= 11 is 0. The molecule has 0 aromatic heterocycles. The first-order valence-electron chi connectivity index (χ1n) is 4.88. The smallest absolute Gasteiger partial charge is 0.107 e. The monoisotopic (exact) mass is 190 g/mol. The van der Waals surface area contributed by atoms with Crippen molar-refractivity contribution in [2.75, 3.05) is 6.61 Å². The third-order valence-corrected chi connectivity index (χ3v) is 2.35. The molecule has 1 saturated heterocycles. The highest BCUT2D eigenvalue weighted by molar-refractivity contribution is 5.48. The highest BCUT2D eigenvalue weighted by Gasteiger charge is 2.36. The van der Waals surface area contributed by atoms with Crippen molar-refractivity contribution in [3.8, 4) is 0 Å². The van der Waals surface area contributed by atoms with Crippen LogP contribution in [-0.2, 0) is 4.74 Å². The van der Waals surface area contributed by atoms with E-state index >= 15 is 0 Å². The third kappa shape index (κ3) is 2.44. The number of aliphatic hydroxyl groups is 1. The van der Waals surface area contributed by atoms with Gasteiger partial charge < -0.3 is 9.84 Å². The van der Waals surface area contributed by atoms with E-state index in [4.69, 9.17) is 9.84 Å². The first kappa shape index (κ1) is 9.44. The van der Waals surface area contributed by atoms with Gasteiger partial charge in [-0.25, -0.2) is 0 Å². The number of aliphatic hydroxyl groups excluding tert-OH is 1. The van der Waals surface area contributed by atoms with Crippen molar-refractivity contribution in [2.24, 2.45) is 0 Å². The Morgan fingerprint density at radius 3 is 2.64 bits per heavy atom. The Kier molecular flexibility index (Phi) is 2.96. The maximum Gasteiger partial charge on any atom is 0.107 e.